The second-order valence-corrected chi connectivity index (χ2v) is 7.28. The van der Waals surface area contributed by atoms with Crippen molar-refractivity contribution in [3.63, 3.8) is 0 Å². The molecule has 0 unspecified atom stereocenters. The molecule has 3 rings (SSSR count). The summed E-state index contributed by atoms with van der Waals surface area (Å²) in [6, 6.07) is 10.1. The molecule has 8 nitrogen and oxygen atoms in total. The first-order valence-corrected chi connectivity index (χ1v) is 10.2. The molecule has 0 saturated carbocycles. The van der Waals surface area contributed by atoms with Crippen molar-refractivity contribution in [2.45, 2.75) is 13.1 Å². The third-order valence-corrected chi connectivity index (χ3v) is 5.23. The Labute approximate surface area is 202 Å². The van der Waals surface area contributed by atoms with Gasteiger partial charge >= 0.3 is 0 Å². The Bertz CT molecular complexity index is 856. The summed E-state index contributed by atoms with van der Waals surface area (Å²) in [6.07, 6.45) is 1.88. The van der Waals surface area contributed by atoms with Crippen molar-refractivity contribution < 1.29 is 9.47 Å². The van der Waals surface area contributed by atoms with Crippen molar-refractivity contribution >= 4 is 35.8 Å². The zero-order valence-corrected chi connectivity index (χ0v) is 21.1. The van der Waals surface area contributed by atoms with Crippen molar-refractivity contribution in [3.8, 4) is 11.5 Å². The molecular formula is C22H33IN6O2. The summed E-state index contributed by atoms with van der Waals surface area (Å²) in [5, 5.41) is 6.71. The lowest BCUT2D eigenvalue weighted by Crippen LogP contribution is -2.44. The number of guanidine groups is 1. The van der Waals surface area contributed by atoms with Crippen molar-refractivity contribution in [2.75, 3.05) is 59.4 Å². The number of aliphatic imine (C=N–C) groups is 1. The summed E-state index contributed by atoms with van der Waals surface area (Å²) in [5.74, 6) is 3.21. The fraction of sp³-hybridized carbons (Fsp3) is 0.455. The van der Waals surface area contributed by atoms with E-state index in [-0.39, 0.29) is 24.0 Å². The van der Waals surface area contributed by atoms with Crippen LogP contribution in [-0.4, -0.2) is 70.3 Å². The minimum Gasteiger partial charge on any atom is -0.493 e. The van der Waals surface area contributed by atoms with Crippen LogP contribution in [0, 0.1) is 0 Å². The van der Waals surface area contributed by atoms with Gasteiger partial charge in [-0.1, -0.05) is 6.07 Å². The molecule has 170 valence electrons. The number of piperazine rings is 1. The van der Waals surface area contributed by atoms with E-state index in [1.165, 1.54) is 5.56 Å². The molecule has 0 spiro atoms. The highest BCUT2D eigenvalue weighted by molar-refractivity contribution is 14.0. The predicted molar refractivity (Wildman–Crippen MR) is 136 cm³/mol. The first-order valence-electron chi connectivity index (χ1n) is 10.2. The second kappa shape index (κ2) is 12.6. The van der Waals surface area contributed by atoms with E-state index in [1.54, 1.807) is 21.3 Å². The second-order valence-electron chi connectivity index (χ2n) is 7.28. The van der Waals surface area contributed by atoms with Gasteiger partial charge in [0.15, 0.2) is 17.5 Å². The SMILES string of the molecule is CN=C(NCc1ccnc(N2CCN(C)CC2)c1)NCc1ccc(OC)c(OC)c1.I. The molecule has 0 atom stereocenters. The number of halogens is 1. The normalized spacial score (nSPS) is 14.6. The number of hydrogen-bond acceptors (Lipinski definition) is 6. The Hall–Kier alpha value is -2.27. The molecule has 0 radical (unpaired) electrons. The smallest absolute Gasteiger partial charge is 0.191 e. The molecule has 1 aromatic carbocycles. The van der Waals surface area contributed by atoms with Crippen LogP contribution in [0.3, 0.4) is 0 Å². The van der Waals surface area contributed by atoms with Crippen LogP contribution >= 0.6 is 24.0 Å². The quantitative estimate of drug-likeness (QED) is 0.318. The Morgan fingerprint density at radius 3 is 2.23 bits per heavy atom. The van der Waals surface area contributed by atoms with E-state index in [4.69, 9.17) is 9.47 Å². The average Bonchev–Trinajstić information content (AvgIpc) is 2.79. The molecule has 31 heavy (non-hydrogen) atoms. The Kier molecular flexibility index (Phi) is 10.1. The molecule has 1 aliphatic heterocycles. The molecule has 2 heterocycles. The summed E-state index contributed by atoms with van der Waals surface area (Å²) >= 11 is 0. The number of anilines is 1. The van der Waals surface area contributed by atoms with Crippen molar-refractivity contribution in [1.29, 1.82) is 0 Å². The maximum atomic E-state index is 5.37. The lowest BCUT2D eigenvalue weighted by atomic mass is 10.2. The number of pyridine rings is 1. The number of hydrogen-bond donors (Lipinski definition) is 2. The number of methoxy groups -OCH3 is 2. The third kappa shape index (κ3) is 7.13. The fourth-order valence-corrected chi connectivity index (χ4v) is 3.36. The largest absolute Gasteiger partial charge is 0.493 e. The van der Waals surface area contributed by atoms with Gasteiger partial charge in [0.1, 0.15) is 5.82 Å². The van der Waals surface area contributed by atoms with E-state index in [9.17, 15) is 0 Å². The average molecular weight is 540 g/mol. The maximum absolute atomic E-state index is 5.37. The van der Waals surface area contributed by atoms with Crippen LogP contribution in [0.4, 0.5) is 5.82 Å². The van der Waals surface area contributed by atoms with Gasteiger partial charge in [-0.15, -0.1) is 24.0 Å². The van der Waals surface area contributed by atoms with Gasteiger partial charge in [0.2, 0.25) is 0 Å². The van der Waals surface area contributed by atoms with E-state index in [0.29, 0.717) is 18.8 Å². The number of nitrogens with one attached hydrogen (secondary N) is 2. The zero-order valence-electron chi connectivity index (χ0n) is 18.7. The monoisotopic (exact) mass is 540 g/mol. The van der Waals surface area contributed by atoms with Crippen LogP contribution in [0.25, 0.3) is 0 Å². The van der Waals surface area contributed by atoms with E-state index < -0.39 is 0 Å². The maximum Gasteiger partial charge on any atom is 0.191 e. The minimum absolute atomic E-state index is 0. The molecule has 1 fully saturated rings. The van der Waals surface area contributed by atoms with Crippen molar-refractivity contribution in [1.82, 2.24) is 20.5 Å². The van der Waals surface area contributed by atoms with E-state index in [0.717, 1.165) is 49.3 Å². The van der Waals surface area contributed by atoms with E-state index in [1.807, 2.05) is 30.5 Å². The molecule has 0 amide bonds. The highest BCUT2D eigenvalue weighted by Gasteiger charge is 2.15. The number of aromatic nitrogens is 1. The van der Waals surface area contributed by atoms with Crippen molar-refractivity contribution in [2.24, 2.45) is 4.99 Å². The summed E-state index contributed by atoms with van der Waals surface area (Å²) in [4.78, 5) is 13.6. The molecule has 0 bridgehead atoms. The summed E-state index contributed by atoms with van der Waals surface area (Å²) in [5.41, 5.74) is 2.25. The summed E-state index contributed by atoms with van der Waals surface area (Å²) in [6.45, 7) is 5.45. The predicted octanol–water partition coefficient (Wildman–Crippen LogP) is 2.33. The van der Waals surface area contributed by atoms with Crippen LogP contribution in [0.2, 0.25) is 0 Å². The van der Waals surface area contributed by atoms with Gasteiger partial charge in [0.25, 0.3) is 0 Å². The molecular weight excluding hydrogens is 507 g/mol. The number of likely N-dealkylation sites (N-methyl/N-ethyl adjacent to an activating group) is 1. The van der Waals surface area contributed by atoms with E-state index >= 15 is 0 Å². The van der Waals surface area contributed by atoms with E-state index in [2.05, 4.69) is 43.5 Å². The first kappa shape index (κ1) is 25.0. The Morgan fingerprint density at radius 2 is 1.61 bits per heavy atom. The summed E-state index contributed by atoms with van der Waals surface area (Å²) < 4.78 is 10.7. The number of ether oxygens (including phenoxy) is 2. The summed E-state index contributed by atoms with van der Waals surface area (Å²) in [7, 11) is 7.20. The Morgan fingerprint density at radius 1 is 0.968 bits per heavy atom. The van der Waals surface area contributed by atoms with Gasteiger partial charge < -0.3 is 29.9 Å². The highest BCUT2D eigenvalue weighted by Crippen LogP contribution is 2.27. The number of benzene rings is 1. The lowest BCUT2D eigenvalue weighted by molar-refractivity contribution is 0.312. The number of rotatable bonds is 7. The molecule has 1 saturated heterocycles. The molecule has 2 aromatic rings. The molecule has 1 aromatic heterocycles. The zero-order chi connectivity index (χ0) is 21.3. The molecule has 2 N–H and O–H groups in total. The van der Waals surface area contributed by atoms with Gasteiger partial charge in [-0.2, -0.15) is 0 Å². The van der Waals surface area contributed by atoms with Crippen LogP contribution in [0.5, 0.6) is 11.5 Å². The molecule has 0 aliphatic carbocycles. The molecule has 1 aliphatic rings. The van der Waals surface area contributed by atoms with Gasteiger partial charge in [-0.3, -0.25) is 4.99 Å². The molecule has 9 heteroatoms. The highest BCUT2D eigenvalue weighted by atomic mass is 127. The van der Waals surface area contributed by atoms with Crippen molar-refractivity contribution in [3.05, 3.63) is 47.7 Å². The fourth-order valence-electron chi connectivity index (χ4n) is 3.36. The van der Waals surface area contributed by atoms with Gasteiger partial charge in [-0.05, 0) is 42.4 Å². The first-order chi connectivity index (χ1) is 14.6. The van der Waals surface area contributed by atoms with Gasteiger partial charge in [0.05, 0.1) is 14.2 Å². The number of nitrogens with zero attached hydrogens (tertiary/aromatic N) is 4. The van der Waals surface area contributed by atoms with Crippen LogP contribution < -0.4 is 25.0 Å². The van der Waals surface area contributed by atoms with Gasteiger partial charge in [0, 0.05) is 52.5 Å². The van der Waals surface area contributed by atoms with Gasteiger partial charge in [-0.25, -0.2) is 4.98 Å². The van der Waals surface area contributed by atoms with Crippen LogP contribution in [0.1, 0.15) is 11.1 Å². The topological polar surface area (TPSA) is 74.3 Å². The lowest BCUT2D eigenvalue weighted by Gasteiger charge is -2.33. The van der Waals surface area contributed by atoms with Crippen LogP contribution in [-0.2, 0) is 13.1 Å². The third-order valence-electron chi connectivity index (χ3n) is 5.23. The Balaban J connectivity index is 0.00000341. The standard InChI is InChI=1S/C22H32N6O2.HI/c1-23-22(25-15-17-5-6-19(29-3)20(13-17)30-4)26-16-18-7-8-24-21(14-18)28-11-9-27(2)10-12-28;/h5-8,13-14H,9-12,15-16H2,1-4H3,(H2,23,25,26);1H. The minimum atomic E-state index is 0. The van der Waals surface area contributed by atoms with Crippen LogP contribution in [0.15, 0.2) is 41.5 Å².